The third-order valence-corrected chi connectivity index (χ3v) is 5.35. The van der Waals surface area contributed by atoms with E-state index in [1.165, 1.54) is 0 Å². The van der Waals surface area contributed by atoms with Crippen molar-refractivity contribution in [2.24, 2.45) is 10.7 Å². The van der Waals surface area contributed by atoms with Gasteiger partial charge in [-0.3, -0.25) is 15.0 Å². The van der Waals surface area contributed by atoms with Crippen LogP contribution in [0.2, 0.25) is 0 Å². The highest BCUT2D eigenvalue weighted by Crippen LogP contribution is 2.91. The van der Waals surface area contributed by atoms with Crippen molar-refractivity contribution in [1.29, 1.82) is 0 Å². The molecular weight excluding hydrogens is 507 g/mol. The quantitative estimate of drug-likeness (QED) is 0.0305. The van der Waals surface area contributed by atoms with E-state index in [-0.39, 0.29) is 17.2 Å². The molecule has 32 heavy (non-hydrogen) atoms. The Morgan fingerprint density at radius 1 is 1.38 bits per heavy atom. The predicted octanol–water partition coefficient (Wildman–Crippen LogP) is -2.45. The molecule has 0 spiro atoms. The van der Waals surface area contributed by atoms with E-state index in [0.29, 0.717) is 19.0 Å². The second-order valence-electron chi connectivity index (χ2n) is 5.41. The van der Waals surface area contributed by atoms with Crippen molar-refractivity contribution in [3.05, 3.63) is 12.3 Å². The van der Waals surface area contributed by atoms with Gasteiger partial charge in [-0.25, -0.2) is 9.89 Å². The number of carbonyl (C=O) groups is 2. The Balaban J connectivity index is 0.000000419. The van der Waals surface area contributed by atoms with Crippen LogP contribution in [-0.4, -0.2) is 86.1 Å². The lowest BCUT2D eigenvalue weighted by Crippen LogP contribution is -2.52. The van der Waals surface area contributed by atoms with Crippen molar-refractivity contribution in [2.75, 3.05) is 20.3 Å². The van der Waals surface area contributed by atoms with Gasteiger partial charge < -0.3 is 26.2 Å². The zero-order chi connectivity index (χ0) is 23.8. The summed E-state index contributed by atoms with van der Waals surface area (Å²) < 4.78 is 41.8. The zero-order valence-corrected chi connectivity index (χ0v) is 18.7. The SMILES string of the molecule is CN1CN2C[C@]12/N=C(/N)NC=O.O.O=C[C@@H](O)/C=C/O.O=P12O[O+]1O2.O=[P+](O)O[P+](=O)O. The Morgan fingerprint density at radius 2 is 1.88 bits per heavy atom. The van der Waals surface area contributed by atoms with Crippen molar-refractivity contribution >= 4 is 43.0 Å². The molecular formula is C10H21N5O14P3+3. The summed E-state index contributed by atoms with van der Waals surface area (Å²) in [6, 6.07) is 0. The first kappa shape index (κ1) is 30.2. The molecule has 4 fully saturated rings. The van der Waals surface area contributed by atoms with Crippen molar-refractivity contribution in [3.8, 4) is 0 Å². The van der Waals surface area contributed by atoms with Gasteiger partial charge >= 0.3 is 24.3 Å². The number of rotatable bonds is 6. The van der Waals surface area contributed by atoms with E-state index in [1.54, 1.807) is 4.46 Å². The van der Waals surface area contributed by atoms with E-state index in [2.05, 4.69) is 33.8 Å². The zero-order valence-electron chi connectivity index (χ0n) is 16.0. The molecule has 0 radical (unpaired) electrons. The highest BCUT2D eigenvalue weighted by atomic mass is 31.2. The summed E-state index contributed by atoms with van der Waals surface area (Å²) >= 11 is 0. The number of nitrogens with one attached hydrogen (secondary N) is 1. The number of aliphatic hydroxyl groups excluding tert-OH is 2. The molecule has 1 amide bonds. The molecule has 22 heteroatoms. The summed E-state index contributed by atoms with van der Waals surface area (Å²) in [4.78, 5) is 43.2. The van der Waals surface area contributed by atoms with Gasteiger partial charge in [-0.05, 0) is 13.1 Å². The lowest BCUT2D eigenvalue weighted by Gasteiger charge is -2.34. The Kier molecular flexibility index (Phi) is 12.3. The Bertz CT molecular complexity index is 790. The smallest absolute Gasteiger partial charge is 0.516 e. The number of hydrogen-bond acceptors (Lipinski definition) is 13. The Morgan fingerprint density at radius 3 is 2.06 bits per heavy atom. The van der Waals surface area contributed by atoms with E-state index in [9.17, 15) is 23.3 Å². The molecule has 5 atom stereocenters. The summed E-state index contributed by atoms with van der Waals surface area (Å²) in [5.41, 5.74) is 5.42. The molecule has 0 aromatic carbocycles. The van der Waals surface area contributed by atoms with Gasteiger partial charge in [0.25, 0.3) is 0 Å². The van der Waals surface area contributed by atoms with E-state index in [0.717, 1.165) is 19.3 Å². The number of aliphatic imine (C=N–C) groups is 1. The average Bonchev–Trinajstić information content (AvgIpc) is 3.57. The summed E-state index contributed by atoms with van der Waals surface area (Å²) in [6.45, 7) is 1.84. The number of aliphatic hydroxyl groups is 2. The predicted molar refractivity (Wildman–Crippen MR) is 102 cm³/mol. The molecule has 4 aliphatic rings. The van der Waals surface area contributed by atoms with Gasteiger partial charge in [0.05, 0.1) is 23.9 Å². The fourth-order valence-electron chi connectivity index (χ4n) is 1.84. The molecule has 4 rings (SSSR count). The number of aldehydes is 1. The van der Waals surface area contributed by atoms with Crippen molar-refractivity contribution < 1.29 is 66.9 Å². The minimum atomic E-state index is -2.92. The largest absolute Gasteiger partial charge is 0.858 e. The number of nitrogens with zero attached hydrogens (tertiary/aromatic N) is 3. The van der Waals surface area contributed by atoms with Gasteiger partial charge in [0.2, 0.25) is 6.41 Å². The van der Waals surface area contributed by atoms with Crippen LogP contribution in [0, 0.1) is 0 Å². The maximum atomic E-state index is 10.0. The Hall–Kier alpha value is -1.82. The third-order valence-electron chi connectivity index (χ3n) is 3.32. The molecule has 0 bridgehead atoms. The topological polar surface area (TPSA) is 291 Å². The molecule has 0 aromatic rings. The van der Waals surface area contributed by atoms with Gasteiger partial charge in [0.1, 0.15) is 15.5 Å². The molecule has 4 aliphatic heterocycles. The van der Waals surface area contributed by atoms with Crippen LogP contribution in [0.1, 0.15) is 0 Å². The maximum Gasteiger partial charge on any atom is 0.858 e. The fraction of sp³-hybridized carbons (Fsp3) is 0.500. The van der Waals surface area contributed by atoms with Crippen LogP contribution in [0.5, 0.6) is 0 Å². The summed E-state index contributed by atoms with van der Waals surface area (Å²) in [5.74, 6) is -0.0425. The van der Waals surface area contributed by atoms with E-state index in [1.807, 2.05) is 7.05 Å². The highest BCUT2D eigenvalue weighted by molar-refractivity contribution is 7.58. The Labute approximate surface area is 181 Å². The first-order chi connectivity index (χ1) is 14.4. The lowest BCUT2D eigenvalue weighted by atomic mass is 10.4. The fourth-order valence-corrected chi connectivity index (χ4v) is 2.92. The van der Waals surface area contributed by atoms with Gasteiger partial charge in [-0.2, -0.15) is 4.57 Å². The molecule has 19 nitrogen and oxygen atoms in total. The van der Waals surface area contributed by atoms with Crippen LogP contribution >= 0.6 is 24.3 Å². The average molecular weight is 528 g/mol. The van der Waals surface area contributed by atoms with Crippen molar-refractivity contribution in [3.63, 3.8) is 0 Å². The van der Waals surface area contributed by atoms with Gasteiger partial charge in [-0.1, -0.05) is 0 Å². The molecule has 4 saturated heterocycles. The van der Waals surface area contributed by atoms with Gasteiger partial charge in [0, 0.05) is 9.13 Å². The van der Waals surface area contributed by atoms with Crippen molar-refractivity contribution in [2.45, 2.75) is 11.9 Å². The van der Waals surface area contributed by atoms with Crippen LogP contribution in [0.25, 0.3) is 0 Å². The number of fused-ring (bicyclic) bond motifs is 2. The van der Waals surface area contributed by atoms with Crippen molar-refractivity contribution in [1.82, 2.24) is 15.1 Å². The minimum absolute atomic E-state index is 0. The summed E-state index contributed by atoms with van der Waals surface area (Å²) in [5, 5.41) is 18.4. The number of likely N-dealkylation sites (N-methyl/N-ethyl adjacent to an activating group) is 1. The van der Waals surface area contributed by atoms with Crippen LogP contribution in [0.15, 0.2) is 17.3 Å². The second kappa shape index (κ2) is 13.0. The molecule has 182 valence electrons. The molecule has 0 aliphatic carbocycles. The minimum Gasteiger partial charge on any atom is -0.516 e. The van der Waals surface area contributed by atoms with E-state index in [4.69, 9.17) is 25.7 Å². The standard InChI is InChI=1S/C6H11N5O.C4H6O3.O5P2.O4P.H2O/c1-10-4-11-2-6(10,11)9-5(7)8-3-12;5-2-1-4(7)3-6;1-6(2)5-7(3)4;1-5-2-4(5)3-5;/h3H,2,4H2,1H3,(H3,7,8,9,12);1-5,7H;;;1H2/q;;;+1;/p+2/b;2-1+;;;/t6-,11?;4-;;;/m00.../s1. The molecule has 0 aromatic heterocycles. The number of nitrogens with two attached hydrogens (primary N) is 1. The first-order valence-corrected chi connectivity index (χ1v) is 11.4. The first-order valence-electron chi connectivity index (χ1n) is 7.65. The van der Waals surface area contributed by atoms with Gasteiger partial charge in [-0.15, -0.1) is 9.79 Å². The molecule has 0 saturated carbocycles. The summed E-state index contributed by atoms with van der Waals surface area (Å²) in [6.07, 6.45) is 1.27. The number of hydrogen-bond donors (Lipinski definition) is 6. The van der Waals surface area contributed by atoms with E-state index >= 15 is 0 Å². The van der Waals surface area contributed by atoms with E-state index < -0.39 is 30.4 Å². The molecule has 9 N–H and O–H groups in total. The highest BCUT2D eigenvalue weighted by Gasteiger charge is 3.00. The van der Waals surface area contributed by atoms with Crippen LogP contribution < -0.4 is 11.1 Å². The number of guanidine groups is 1. The van der Waals surface area contributed by atoms with Crippen LogP contribution in [0.4, 0.5) is 0 Å². The number of carbonyl (C=O) groups excluding carboxylic acids is 2. The number of amides is 1. The monoisotopic (exact) mass is 528 g/mol. The summed E-state index contributed by atoms with van der Waals surface area (Å²) in [7, 11) is -6.35. The lowest BCUT2D eigenvalue weighted by molar-refractivity contribution is -0.344. The van der Waals surface area contributed by atoms with Gasteiger partial charge in [0.15, 0.2) is 22.3 Å². The third kappa shape index (κ3) is 9.76. The molecule has 3 unspecified atom stereocenters. The normalized spacial score (nSPS) is 27.2. The molecule has 4 heterocycles. The van der Waals surface area contributed by atoms with Crippen LogP contribution in [-0.2, 0) is 41.4 Å². The maximum absolute atomic E-state index is 10.0. The second-order valence-corrected chi connectivity index (χ2v) is 8.51. The van der Waals surface area contributed by atoms with Crippen LogP contribution in [0.3, 0.4) is 0 Å².